The predicted octanol–water partition coefficient (Wildman–Crippen LogP) is 4.16. The summed E-state index contributed by atoms with van der Waals surface area (Å²) in [7, 11) is 0. The van der Waals surface area contributed by atoms with Gasteiger partial charge >= 0.3 is 6.03 Å². The van der Waals surface area contributed by atoms with Crippen LogP contribution in [0.25, 0.3) is 16.9 Å². The van der Waals surface area contributed by atoms with Gasteiger partial charge < -0.3 is 16.4 Å². The maximum Gasteiger partial charge on any atom is 0.323 e. The van der Waals surface area contributed by atoms with Crippen LogP contribution in [0.3, 0.4) is 0 Å². The average Bonchev–Trinajstić information content (AvgIpc) is 3.03. The fourth-order valence-electron chi connectivity index (χ4n) is 2.63. The number of anilines is 2. The van der Waals surface area contributed by atoms with Gasteiger partial charge in [-0.1, -0.05) is 36.9 Å². The summed E-state index contributed by atoms with van der Waals surface area (Å²) in [6, 6.07) is 12.1. The Morgan fingerprint density at radius 3 is 2.48 bits per heavy atom. The Labute approximate surface area is 174 Å². The molecule has 7 nitrogen and oxygen atoms in total. The first-order valence-corrected chi connectivity index (χ1v) is 8.35. The molecule has 0 aliphatic rings. The zero-order valence-corrected chi connectivity index (χ0v) is 16.7. The number of nitrogen functional groups attached to an aromatic ring is 1. The van der Waals surface area contributed by atoms with E-state index in [1.165, 1.54) is 6.08 Å². The second-order valence-electron chi connectivity index (χ2n) is 6.13. The number of hydrogen-bond acceptors (Lipinski definition) is 4. The number of amides is 2. The number of benzene rings is 1. The number of carbonyl (C=O) groups is 1. The van der Waals surface area contributed by atoms with Crippen LogP contribution in [0.4, 0.5) is 20.8 Å². The molecule has 4 N–H and O–H groups in total. The Balaban J connectivity index is 0.00000300. The average molecular weight is 412 g/mol. The second kappa shape index (κ2) is 9.07. The van der Waals surface area contributed by atoms with Crippen LogP contribution in [0.2, 0.25) is 0 Å². The van der Waals surface area contributed by atoms with Gasteiger partial charge in [-0.25, -0.2) is 9.18 Å². The molecule has 0 radical (unpaired) electrons. The van der Waals surface area contributed by atoms with Crippen molar-refractivity contribution in [1.29, 1.82) is 0 Å². The monoisotopic (exact) mass is 412 g/mol. The summed E-state index contributed by atoms with van der Waals surface area (Å²) in [5.74, 6) is -0.469. The number of halogens is 1. The minimum atomic E-state index is -0.756. The zero-order chi connectivity index (χ0) is 20.3. The van der Waals surface area contributed by atoms with Gasteiger partial charge in [-0.3, -0.25) is 4.40 Å². The summed E-state index contributed by atoms with van der Waals surface area (Å²) >= 11 is 0. The number of urea groups is 1. The molecule has 2 heterocycles. The molecule has 0 fully saturated rings. The molecule has 0 atom stereocenters. The van der Waals surface area contributed by atoms with E-state index in [1.807, 2.05) is 30.3 Å². The Kier molecular flexibility index (Phi) is 6.79. The molecular weight excluding hydrogens is 391 g/mol. The van der Waals surface area contributed by atoms with Crippen molar-refractivity contribution in [2.45, 2.75) is 6.92 Å². The Bertz CT molecular complexity index is 1100. The maximum absolute atomic E-state index is 13.4. The van der Waals surface area contributed by atoms with Crippen LogP contribution >= 0.6 is 13.5 Å². The lowest BCUT2D eigenvalue weighted by atomic mass is 10.1. The quantitative estimate of drug-likeness (QED) is 0.548. The lowest BCUT2D eigenvalue weighted by Crippen LogP contribution is -2.28. The number of allylic oxidation sites excluding steroid dienone is 3. The molecule has 3 rings (SSSR count). The smallest absolute Gasteiger partial charge is 0.323 e. The maximum atomic E-state index is 13.4. The number of nitrogens with two attached hydrogens (primary N) is 1. The predicted molar refractivity (Wildman–Crippen MR) is 119 cm³/mol. The third kappa shape index (κ3) is 5.02. The van der Waals surface area contributed by atoms with E-state index in [4.69, 9.17) is 5.73 Å². The molecule has 1 aromatic carbocycles. The Morgan fingerprint density at radius 1 is 1.17 bits per heavy atom. The van der Waals surface area contributed by atoms with Gasteiger partial charge in [0.2, 0.25) is 5.95 Å². The summed E-state index contributed by atoms with van der Waals surface area (Å²) in [6.45, 7) is 8.54. The van der Waals surface area contributed by atoms with E-state index in [1.54, 1.807) is 23.5 Å². The standard InChI is InChI=1S/C20H19FN6O.H2S/c1-12(2)11-16(13(3)21)24-20(28)23-15-9-7-14(8-10-15)17-5-4-6-18-25-26-19(22)27(17)18;/h4-11H,1,3H2,2H3,(H2,22,26)(H2,23,24,28);1H2/b16-11+;. The molecular formula is C20H21FN6OS. The molecule has 0 spiro atoms. The fraction of sp³-hybridized carbons (Fsp3) is 0.0500. The van der Waals surface area contributed by atoms with Crippen molar-refractivity contribution >= 4 is 36.8 Å². The fourth-order valence-corrected chi connectivity index (χ4v) is 2.63. The Morgan fingerprint density at radius 2 is 1.86 bits per heavy atom. The van der Waals surface area contributed by atoms with Gasteiger partial charge in [-0.2, -0.15) is 13.5 Å². The van der Waals surface area contributed by atoms with E-state index < -0.39 is 11.9 Å². The SMILES string of the molecule is C=C(C)/C=C(/NC(=O)Nc1ccc(-c2cccc3nnc(N)n23)cc1)C(=C)F.S. The van der Waals surface area contributed by atoms with Crippen LogP contribution in [0.5, 0.6) is 0 Å². The molecule has 0 saturated heterocycles. The molecule has 2 amide bonds. The molecule has 9 heteroatoms. The van der Waals surface area contributed by atoms with Crippen LogP contribution in [0.15, 0.2) is 78.8 Å². The van der Waals surface area contributed by atoms with E-state index >= 15 is 0 Å². The van der Waals surface area contributed by atoms with E-state index in [2.05, 4.69) is 34.0 Å². The third-order valence-electron chi connectivity index (χ3n) is 3.82. The number of hydrogen-bond donors (Lipinski definition) is 3. The molecule has 0 bridgehead atoms. The minimum Gasteiger partial charge on any atom is -0.368 e. The number of fused-ring (bicyclic) bond motifs is 1. The van der Waals surface area contributed by atoms with Gasteiger partial charge in [0, 0.05) is 5.69 Å². The molecule has 0 saturated carbocycles. The largest absolute Gasteiger partial charge is 0.368 e. The number of rotatable bonds is 5. The van der Waals surface area contributed by atoms with Crippen LogP contribution < -0.4 is 16.4 Å². The molecule has 150 valence electrons. The first-order chi connectivity index (χ1) is 13.3. The van der Waals surface area contributed by atoms with Gasteiger partial charge in [0.05, 0.1) is 11.4 Å². The highest BCUT2D eigenvalue weighted by Crippen LogP contribution is 2.24. The van der Waals surface area contributed by atoms with Crippen LogP contribution in [-0.4, -0.2) is 20.6 Å². The lowest BCUT2D eigenvalue weighted by Gasteiger charge is -2.11. The molecule has 0 unspecified atom stereocenters. The molecule has 2 aromatic heterocycles. The summed E-state index contributed by atoms with van der Waals surface area (Å²) in [4.78, 5) is 12.1. The molecule has 29 heavy (non-hydrogen) atoms. The van der Waals surface area contributed by atoms with Crippen molar-refractivity contribution < 1.29 is 9.18 Å². The highest BCUT2D eigenvalue weighted by atomic mass is 32.1. The highest BCUT2D eigenvalue weighted by Gasteiger charge is 2.10. The van der Waals surface area contributed by atoms with Crippen LogP contribution in [0, 0.1) is 0 Å². The highest BCUT2D eigenvalue weighted by molar-refractivity contribution is 7.59. The van der Waals surface area contributed by atoms with E-state index in [9.17, 15) is 9.18 Å². The van der Waals surface area contributed by atoms with Crippen molar-refractivity contribution in [3.8, 4) is 11.3 Å². The van der Waals surface area contributed by atoms with Crippen molar-refractivity contribution in [2.24, 2.45) is 0 Å². The van der Waals surface area contributed by atoms with Crippen LogP contribution in [-0.2, 0) is 0 Å². The minimum absolute atomic E-state index is 0. The lowest BCUT2D eigenvalue weighted by molar-refractivity contribution is 0.254. The summed E-state index contributed by atoms with van der Waals surface area (Å²) < 4.78 is 15.2. The van der Waals surface area contributed by atoms with Crippen molar-refractivity contribution in [3.63, 3.8) is 0 Å². The van der Waals surface area contributed by atoms with Crippen molar-refractivity contribution in [2.75, 3.05) is 11.1 Å². The first-order valence-electron chi connectivity index (χ1n) is 8.35. The van der Waals surface area contributed by atoms with Gasteiger partial charge in [0.25, 0.3) is 0 Å². The Hall–Kier alpha value is -3.59. The van der Waals surface area contributed by atoms with Gasteiger partial charge in [-0.15, -0.1) is 10.2 Å². The van der Waals surface area contributed by atoms with Gasteiger partial charge in [0.15, 0.2) is 5.65 Å². The molecule has 0 aliphatic heterocycles. The normalized spacial score (nSPS) is 10.9. The zero-order valence-electron chi connectivity index (χ0n) is 15.7. The number of aromatic nitrogens is 3. The third-order valence-corrected chi connectivity index (χ3v) is 3.82. The van der Waals surface area contributed by atoms with Gasteiger partial charge in [-0.05, 0) is 42.8 Å². The number of pyridine rings is 1. The summed E-state index contributed by atoms with van der Waals surface area (Å²) in [5.41, 5.74) is 9.28. The van der Waals surface area contributed by atoms with E-state index in [0.29, 0.717) is 16.9 Å². The van der Waals surface area contributed by atoms with Crippen LogP contribution in [0.1, 0.15) is 6.92 Å². The number of carbonyl (C=O) groups excluding carboxylic acids is 1. The topological polar surface area (TPSA) is 97.3 Å². The number of nitrogens with zero attached hydrogens (tertiary/aromatic N) is 3. The van der Waals surface area contributed by atoms with Gasteiger partial charge in [0.1, 0.15) is 5.83 Å². The summed E-state index contributed by atoms with van der Waals surface area (Å²) in [5, 5.41) is 12.9. The summed E-state index contributed by atoms with van der Waals surface area (Å²) in [6.07, 6.45) is 1.40. The van der Waals surface area contributed by atoms with E-state index in [-0.39, 0.29) is 25.1 Å². The second-order valence-corrected chi connectivity index (χ2v) is 6.13. The number of nitrogens with one attached hydrogen (secondary N) is 2. The van der Waals surface area contributed by atoms with E-state index in [0.717, 1.165) is 11.3 Å². The van der Waals surface area contributed by atoms with Crippen molar-refractivity contribution in [3.05, 3.63) is 78.8 Å². The molecule has 0 aliphatic carbocycles. The molecule has 3 aromatic rings. The first kappa shape index (κ1) is 21.7. The van der Waals surface area contributed by atoms with Crippen molar-refractivity contribution in [1.82, 2.24) is 19.9 Å².